The first-order valence-electron chi connectivity index (χ1n) is 10.6. The number of hydrogen-bond donors (Lipinski definition) is 3. The molecule has 0 radical (unpaired) electrons. The highest BCUT2D eigenvalue weighted by atomic mass is 16.2. The zero-order valence-electron chi connectivity index (χ0n) is 18.2. The smallest absolute Gasteiger partial charge is 0.341 e. The Morgan fingerprint density at radius 3 is 2.72 bits per heavy atom. The summed E-state index contributed by atoms with van der Waals surface area (Å²) in [7, 11) is 0. The van der Waals surface area contributed by atoms with Crippen LogP contribution >= 0.6 is 0 Å². The molecule has 1 amide bonds. The number of aromatic amines is 1. The summed E-state index contributed by atoms with van der Waals surface area (Å²) in [6.45, 7) is 5.70. The first-order chi connectivity index (χ1) is 15.3. The third kappa shape index (κ3) is 4.22. The van der Waals surface area contributed by atoms with Crippen molar-refractivity contribution in [2.45, 2.75) is 39.3 Å². The van der Waals surface area contributed by atoms with E-state index in [1.54, 1.807) is 34.9 Å². The van der Waals surface area contributed by atoms with Crippen LogP contribution in [0.25, 0.3) is 11.2 Å². The van der Waals surface area contributed by atoms with Gasteiger partial charge in [0.05, 0.1) is 0 Å². The maximum atomic E-state index is 13.3. The molecule has 168 valence electrons. The van der Waals surface area contributed by atoms with E-state index in [0.717, 1.165) is 25.0 Å². The monoisotopic (exact) mass is 437 g/mol. The minimum atomic E-state index is -0.763. The lowest BCUT2D eigenvalue weighted by molar-refractivity contribution is 0.101. The van der Waals surface area contributed by atoms with Crippen LogP contribution in [0.1, 0.15) is 37.0 Å². The number of allylic oxidation sites excluding steroid dienone is 2. The van der Waals surface area contributed by atoms with Gasteiger partial charge in [0.1, 0.15) is 0 Å². The largest absolute Gasteiger partial charge is 0.349 e. The summed E-state index contributed by atoms with van der Waals surface area (Å²) in [4.78, 5) is 47.8. The van der Waals surface area contributed by atoms with Gasteiger partial charge in [0.25, 0.3) is 5.91 Å². The number of benzene rings is 1. The first-order valence-corrected chi connectivity index (χ1v) is 10.6. The molecule has 1 saturated heterocycles. The Balaban J connectivity index is 1.83. The van der Waals surface area contributed by atoms with E-state index >= 15 is 0 Å². The van der Waals surface area contributed by atoms with E-state index in [4.69, 9.17) is 5.73 Å². The minimum Gasteiger partial charge on any atom is -0.341 e. The van der Waals surface area contributed by atoms with E-state index in [1.165, 1.54) is 0 Å². The molecule has 1 aromatic carbocycles. The molecule has 0 aliphatic carbocycles. The number of piperidine rings is 1. The van der Waals surface area contributed by atoms with Gasteiger partial charge in [-0.25, -0.2) is 4.79 Å². The highest BCUT2D eigenvalue weighted by molar-refractivity contribution is 5.99. The summed E-state index contributed by atoms with van der Waals surface area (Å²) in [5, 5.41) is 0. The molecule has 0 spiro atoms. The van der Waals surface area contributed by atoms with Crippen LogP contribution in [0.5, 0.6) is 0 Å². The maximum Gasteiger partial charge on any atom is 0.349 e. The van der Waals surface area contributed by atoms with Crippen molar-refractivity contribution in [3.63, 3.8) is 0 Å². The second-order valence-corrected chi connectivity index (χ2v) is 8.23. The third-order valence-corrected chi connectivity index (χ3v) is 5.45. The summed E-state index contributed by atoms with van der Waals surface area (Å²) < 4.78 is 2.47. The normalized spacial score (nSPS) is 16.2. The van der Waals surface area contributed by atoms with Crippen molar-refractivity contribution in [1.29, 1.82) is 0 Å². The molecule has 1 unspecified atom stereocenters. The number of nitrogens with two attached hydrogens (primary N) is 1. The van der Waals surface area contributed by atoms with E-state index in [9.17, 15) is 14.4 Å². The van der Waals surface area contributed by atoms with E-state index in [2.05, 4.69) is 15.4 Å². The van der Waals surface area contributed by atoms with Crippen LogP contribution in [-0.2, 0) is 6.54 Å². The van der Waals surface area contributed by atoms with E-state index in [-0.39, 0.29) is 17.2 Å². The lowest BCUT2D eigenvalue weighted by Gasteiger charge is -2.31. The highest BCUT2D eigenvalue weighted by Gasteiger charge is 2.25. The fraction of sp³-hybridized carbons (Fsp3) is 0.364. The van der Waals surface area contributed by atoms with Gasteiger partial charge >= 0.3 is 11.2 Å². The third-order valence-electron chi connectivity index (χ3n) is 5.45. The van der Waals surface area contributed by atoms with Gasteiger partial charge in [0, 0.05) is 31.2 Å². The predicted octanol–water partition coefficient (Wildman–Crippen LogP) is 1.16. The van der Waals surface area contributed by atoms with Crippen molar-refractivity contribution < 1.29 is 4.79 Å². The number of carbonyl (C=O) groups excluding carboxylic acids is 1. The molecule has 4 rings (SSSR count). The lowest BCUT2D eigenvalue weighted by atomic mass is 10.1. The molecule has 10 nitrogen and oxygen atoms in total. The number of aromatic nitrogens is 4. The Hall–Kier alpha value is -3.66. The molecule has 3 aromatic rings. The van der Waals surface area contributed by atoms with E-state index in [1.807, 2.05) is 24.8 Å². The molecule has 1 aliphatic rings. The van der Waals surface area contributed by atoms with Gasteiger partial charge in [-0.05, 0) is 38.8 Å². The van der Waals surface area contributed by atoms with Crippen molar-refractivity contribution >= 4 is 23.0 Å². The summed E-state index contributed by atoms with van der Waals surface area (Å²) in [6.07, 6.45) is 3.83. The number of anilines is 1. The fourth-order valence-electron chi connectivity index (χ4n) is 3.84. The number of imidazole rings is 1. The molecule has 1 atom stereocenters. The van der Waals surface area contributed by atoms with Crippen LogP contribution in [-0.4, -0.2) is 44.2 Å². The number of amides is 1. The Morgan fingerprint density at radius 1 is 1.28 bits per heavy atom. The minimum absolute atomic E-state index is 0.0151. The van der Waals surface area contributed by atoms with Gasteiger partial charge in [-0.1, -0.05) is 29.8 Å². The summed E-state index contributed by atoms with van der Waals surface area (Å²) in [5.74, 6) is 0.0164. The number of rotatable bonds is 5. The second-order valence-electron chi connectivity index (χ2n) is 8.23. The lowest BCUT2D eigenvalue weighted by Crippen LogP contribution is -2.44. The molecule has 4 N–H and O–H groups in total. The molecule has 3 heterocycles. The Bertz CT molecular complexity index is 1280. The predicted molar refractivity (Wildman–Crippen MR) is 124 cm³/mol. The zero-order valence-corrected chi connectivity index (χ0v) is 18.2. The quantitative estimate of drug-likeness (QED) is 0.514. The van der Waals surface area contributed by atoms with Crippen molar-refractivity contribution in [1.82, 2.24) is 19.2 Å². The molecule has 2 aromatic heterocycles. The van der Waals surface area contributed by atoms with Crippen LogP contribution in [0.15, 0.2) is 51.6 Å². The van der Waals surface area contributed by atoms with Gasteiger partial charge in [-0.3, -0.25) is 20.0 Å². The molecular weight excluding hydrogens is 410 g/mol. The van der Waals surface area contributed by atoms with Gasteiger partial charge < -0.3 is 15.2 Å². The fourth-order valence-corrected chi connectivity index (χ4v) is 3.84. The summed E-state index contributed by atoms with van der Waals surface area (Å²) >= 11 is 0. The molecule has 0 saturated carbocycles. The highest BCUT2D eigenvalue weighted by Crippen LogP contribution is 2.22. The molecule has 1 fully saturated rings. The molecule has 1 aliphatic heterocycles. The topological polar surface area (TPSA) is 131 Å². The van der Waals surface area contributed by atoms with Crippen LogP contribution < -0.4 is 27.3 Å². The average Bonchev–Trinajstić information content (AvgIpc) is 3.14. The summed E-state index contributed by atoms with van der Waals surface area (Å²) in [5.41, 5.74) is 8.96. The van der Waals surface area contributed by atoms with Gasteiger partial charge in [0.15, 0.2) is 11.2 Å². The molecular formula is C22H27N7O3. The van der Waals surface area contributed by atoms with Gasteiger partial charge in [0.2, 0.25) is 5.95 Å². The van der Waals surface area contributed by atoms with Gasteiger partial charge in [-0.2, -0.15) is 9.66 Å². The number of H-pyrrole nitrogens is 1. The number of carbonyl (C=O) groups is 1. The van der Waals surface area contributed by atoms with E-state index in [0.29, 0.717) is 29.3 Å². The van der Waals surface area contributed by atoms with Crippen molar-refractivity contribution in [3.05, 3.63) is 68.4 Å². The number of fused-ring (bicyclic) bond motifs is 1. The summed E-state index contributed by atoms with van der Waals surface area (Å²) in [6, 6.07) is 8.40. The standard InChI is InChI=1S/C22H27N7O3/c1-14(2)10-12-28-17-18(24-21(28)27-11-6-9-16(23)13-27)25-22(32)29(20(17)31)26-19(30)15-7-4-3-5-8-15/h3-5,7-8,10,16H,6,9,11-13,23H2,1-2H3,(H,25,32)(H,26,30). The first kappa shape index (κ1) is 21.6. The maximum absolute atomic E-state index is 13.3. The van der Waals surface area contributed by atoms with E-state index < -0.39 is 17.2 Å². The van der Waals surface area contributed by atoms with Gasteiger partial charge in [-0.15, -0.1) is 0 Å². The molecule has 32 heavy (non-hydrogen) atoms. The Labute approximate surface area is 184 Å². The zero-order chi connectivity index (χ0) is 22.8. The Morgan fingerprint density at radius 2 is 2.03 bits per heavy atom. The van der Waals surface area contributed by atoms with Crippen LogP contribution in [0.4, 0.5) is 5.95 Å². The Kier molecular flexibility index (Phi) is 5.95. The molecule has 10 heteroatoms. The second kappa shape index (κ2) is 8.83. The number of nitrogens with zero attached hydrogens (tertiary/aromatic N) is 4. The van der Waals surface area contributed by atoms with Crippen LogP contribution in [0, 0.1) is 0 Å². The molecule has 0 bridgehead atoms. The number of hydrogen-bond acceptors (Lipinski definition) is 6. The number of nitrogens with one attached hydrogen (secondary N) is 2. The van der Waals surface area contributed by atoms with Crippen molar-refractivity contribution in [3.8, 4) is 0 Å². The van der Waals surface area contributed by atoms with Crippen molar-refractivity contribution in [2.24, 2.45) is 5.73 Å². The average molecular weight is 438 g/mol. The van der Waals surface area contributed by atoms with Crippen LogP contribution in [0.3, 0.4) is 0 Å². The van der Waals surface area contributed by atoms with Crippen LogP contribution in [0.2, 0.25) is 0 Å². The van der Waals surface area contributed by atoms with Crippen molar-refractivity contribution in [2.75, 3.05) is 23.4 Å². The SMILES string of the molecule is CC(C)=CCn1c(N2CCCC(N)C2)nc2[nH]c(=O)n(NC(=O)c3ccccc3)c(=O)c21.